The van der Waals surface area contributed by atoms with Crippen LogP contribution in [0.4, 0.5) is 21.6 Å². The molecule has 9 heteroatoms. The number of aromatic nitrogens is 2. The van der Waals surface area contributed by atoms with Crippen molar-refractivity contribution in [1.82, 2.24) is 14.9 Å². The van der Waals surface area contributed by atoms with E-state index in [1.165, 1.54) is 89.1 Å². The molecular formula is C35H41ClFN5O2. The number of fused-ring (bicyclic) bond motifs is 1. The molecule has 1 aromatic heterocycles. The summed E-state index contributed by atoms with van der Waals surface area (Å²) < 4.78 is 20.2. The first kappa shape index (κ1) is 29.5. The van der Waals surface area contributed by atoms with E-state index in [2.05, 4.69) is 25.5 Å². The minimum Gasteiger partial charge on any atom is -0.491 e. The van der Waals surface area contributed by atoms with Crippen LogP contribution in [0.25, 0.3) is 10.9 Å². The third kappa shape index (κ3) is 6.29. The average Bonchev–Trinajstić information content (AvgIpc) is 3.68. The van der Waals surface area contributed by atoms with Gasteiger partial charge in [0.15, 0.2) is 0 Å². The zero-order valence-corrected chi connectivity index (χ0v) is 26.0. The van der Waals surface area contributed by atoms with E-state index < -0.39 is 5.82 Å². The zero-order chi connectivity index (χ0) is 30.1. The topological polar surface area (TPSA) is 79.4 Å². The molecule has 2 spiro atoms. The van der Waals surface area contributed by atoms with Gasteiger partial charge in [-0.05, 0) is 73.1 Å². The van der Waals surface area contributed by atoms with Crippen LogP contribution in [0.2, 0.25) is 5.02 Å². The van der Waals surface area contributed by atoms with Crippen molar-refractivity contribution in [3.05, 3.63) is 59.7 Å². The average molecular weight is 618 g/mol. The maximum absolute atomic E-state index is 13.8. The predicted molar refractivity (Wildman–Crippen MR) is 173 cm³/mol. The standard InChI is InChI=1S/C35H41ClFN5O2/c36-27-16-25(9-10-28(27)37)40-33-26-17-30(41-32(43)8-7-15-42-21-34(22-42)11-3-1-4-12-34)31(18-29(26)38-23-39-33)44-20-24-19-35(24)13-5-2-6-14-35/h7-10,16-18,23-24H,1-6,11-15,19-22H2,(H,41,43)(H,38,39,40)/b8-7+. The summed E-state index contributed by atoms with van der Waals surface area (Å²) in [5.41, 5.74) is 2.82. The Labute approximate surface area is 263 Å². The lowest BCUT2D eigenvalue weighted by Crippen LogP contribution is -2.56. The quantitative estimate of drug-likeness (QED) is 0.235. The Hall–Kier alpha value is -3.23. The molecule has 7 nitrogen and oxygen atoms in total. The van der Waals surface area contributed by atoms with Crippen LogP contribution in [0.1, 0.15) is 70.6 Å². The summed E-state index contributed by atoms with van der Waals surface area (Å²) >= 11 is 6.01. The van der Waals surface area contributed by atoms with Crippen LogP contribution in [-0.2, 0) is 4.79 Å². The van der Waals surface area contributed by atoms with Gasteiger partial charge in [-0.25, -0.2) is 14.4 Å². The van der Waals surface area contributed by atoms with Crippen LogP contribution < -0.4 is 15.4 Å². The Morgan fingerprint density at radius 1 is 1.05 bits per heavy atom. The van der Waals surface area contributed by atoms with E-state index in [4.69, 9.17) is 16.3 Å². The number of halogens is 2. The molecule has 44 heavy (non-hydrogen) atoms. The number of anilines is 3. The molecule has 0 bridgehead atoms. The monoisotopic (exact) mass is 617 g/mol. The van der Waals surface area contributed by atoms with Gasteiger partial charge in [-0.1, -0.05) is 56.2 Å². The van der Waals surface area contributed by atoms with Gasteiger partial charge >= 0.3 is 0 Å². The summed E-state index contributed by atoms with van der Waals surface area (Å²) in [5.74, 6) is 0.991. The Morgan fingerprint density at radius 3 is 2.59 bits per heavy atom. The third-order valence-electron chi connectivity index (χ3n) is 10.5. The number of benzene rings is 2. The first-order valence-electron chi connectivity index (χ1n) is 16.2. The lowest BCUT2D eigenvalue weighted by atomic mass is 9.69. The van der Waals surface area contributed by atoms with Gasteiger partial charge in [-0.2, -0.15) is 0 Å². The third-order valence-corrected chi connectivity index (χ3v) is 10.8. The van der Waals surface area contributed by atoms with Gasteiger partial charge in [0.1, 0.15) is 23.7 Å². The van der Waals surface area contributed by atoms with Gasteiger partial charge in [0.25, 0.3) is 0 Å². The Morgan fingerprint density at radius 2 is 1.82 bits per heavy atom. The summed E-state index contributed by atoms with van der Waals surface area (Å²) in [6, 6.07) is 8.16. The van der Waals surface area contributed by atoms with Gasteiger partial charge in [0.2, 0.25) is 5.91 Å². The second kappa shape index (κ2) is 12.3. The predicted octanol–water partition coefficient (Wildman–Crippen LogP) is 8.28. The second-order valence-corrected chi connectivity index (χ2v) is 14.0. The van der Waals surface area contributed by atoms with Crippen molar-refractivity contribution in [3.8, 4) is 5.75 Å². The van der Waals surface area contributed by atoms with Crippen LogP contribution in [0, 0.1) is 22.6 Å². The normalized spacial score (nSPS) is 22.3. The van der Waals surface area contributed by atoms with Crippen molar-refractivity contribution in [2.45, 2.75) is 70.6 Å². The first-order chi connectivity index (χ1) is 21.4. The van der Waals surface area contributed by atoms with E-state index in [1.807, 2.05) is 18.2 Å². The Balaban J connectivity index is 1.08. The number of ether oxygens (including phenoxy) is 1. The summed E-state index contributed by atoms with van der Waals surface area (Å²) in [4.78, 5) is 24.5. The number of carbonyl (C=O) groups excluding carboxylic acids is 1. The maximum atomic E-state index is 13.8. The highest BCUT2D eigenvalue weighted by molar-refractivity contribution is 6.31. The Bertz CT molecular complexity index is 1560. The summed E-state index contributed by atoms with van der Waals surface area (Å²) in [6.07, 6.45) is 19.6. The molecule has 2 heterocycles. The molecule has 1 amide bonds. The van der Waals surface area contributed by atoms with Crippen LogP contribution in [0.15, 0.2) is 48.8 Å². The number of rotatable bonds is 9. The van der Waals surface area contributed by atoms with E-state index in [0.29, 0.717) is 57.2 Å². The van der Waals surface area contributed by atoms with Crippen molar-refractivity contribution >= 4 is 45.6 Å². The fraction of sp³-hybridized carbons (Fsp3) is 0.514. The van der Waals surface area contributed by atoms with E-state index in [9.17, 15) is 9.18 Å². The molecular weight excluding hydrogens is 577 g/mol. The fourth-order valence-electron chi connectivity index (χ4n) is 7.97. The minimum atomic E-state index is -0.488. The highest BCUT2D eigenvalue weighted by Crippen LogP contribution is 2.61. The van der Waals surface area contributed by atoms with Crippen LogP contribution >= 0.6 is 11.6 Å². The van der Waals surface area contributed by atoms with E-state index in [1.54, 1.807) is 12.1 Å². The number of hydrogen-bond acceptors (Lipinski definition) is 6. The molecule has 4 fully saturated rings. The number of likely N-dealkylation sites (tertiary alicyclic amines) is 1. The van der Waals surface area contributed by atoms with Gasteiger partial charge in [-0.15, -0.1) is 0 Å². The number of nitrogens with zero attached hydrogens (tertiary/aromatic N) is 3. The maximum Gasteiger partial charge on any atom is 0.248 e. The van der Waals surface area contributed by atoms with Crippen molar-refractivity contribution in [2.75, 3.05) is 36.9 Å². The summed E-state index contributed by atoms with van der Waals surface area (Å²) in [5, 5.41) is 7.01. The summed E-state index contributed by atoms with van der Waals surface area (Å²) in [6.45, 7) is 3.69. The largest absolute Gasteiger partial charge is 0.491 e. The van der Waals surface area contributed by atoms with E-state index >= 15 is 0 Å². The lowest BCUT2D eigenvalue weighted by Gasteiger charge is -2.52. The molecule has 1 atom stereocenters. The number of nitrogens with one attached hydrogen (secondary N) is 2. The Kier molecular flexibility index (Phi) is 8.23. The SMILES string of the molecule is O=C(/C=C/CN1CC2(CCCCC2)C1)Nc1cc2c(Nc3ccc(F)c(Cl)c3)ncnc2cc1OCC1CC12CCCCC2. The smallest absolute Gasteiger partial charge is 0.248 e. The molecule has 2 aromatic carbocycles. The van der Waals surface area contributed by atoms with Crippen LogP contribution in [-0.4, -0.2) is 47.0 Å². The van der Waals surface area contributed by atoms with Crippen molar-refractivity contribution in [3.63, 3.8) is 0 Å². The lowest BCUT2D eigenvalue weighted by molar-refractivity contribution is -0.112. The summed E-state index contributed by atoms with van der Waals surface area (Å²) in [7, 11) is 0. The minimum absolute atomic E-state index is 0.0201. The molecule has 0 radical (unpaired) electrons. The molecule has 1 unspecified atom stereocenters. The van der Waals surface area contributed by atoms with E-state index in [0.717, 1.165) is 19.6 Å². The molecule has 7 rings (SSSR count). The molecule has 3 aromatic rings. The number of hydrogen-bond donors (Lipinski definition) is 2. The van der Waals surface area contributed by atoms with Gasteiger partial charge < -0.3 is 15.4 Å². The highest BCUT2D eigenvalue weighted by atomic mass is 35.5. The molecule has 2 N–H and O–H groups in total. The highest BCUT2D eigenvalue weighted by Gasteiger charge is 2.53. The van der Waals surface area contributed by atoms with Crippen molar-refractivity contribution < 1.29 is 13.9 Å². The van der Waals surface area contributed by atoms with Crippen molar-refractivity contribution in [1.29, 1.82) is 0 Å². The second-order valence-electron chi connectivity index (χ2n) is 13.6. The molecule has 3 aliphatic carbocycles. The molecule has 4 aliphatic rings. The fourth-order valence-corrected chi connectivity index (χ4v) is 8.15. The zero-order valence-electron chi connectivity index (χ0n) is 25.2. The number of amides is 1. The molecule has 1 saturated heterocycles. The molecule has 3 saturated carbocycles. The first-order valence-corrected chi connectivity index (χ1v) is 16.6. The van der Waals surface area contributed by atoms with Gasteiger partial charge in [0, 0.05) is 42.9 Å². The van der Waals surface area contributed by atoms with E-state index in [-0.39, 0.29) is 10.9 Å². The molecule has 232 valence electrons. The van der Waals surface area contributed by atoms with Gasteiger partial charge in [0.05, 0.1) is 22.8 Å². The van der Waals surface area contributed by atoms with Crippen LogP contribution in [0.3, 0.4) is 0 Å². The molecule has 1 aliphatic heterocycles. The van der Waals surface area contributed by atoms with Gasteiger partial charge in [-0.3, -0.25) is 9.69 Å². The van der Waals surface area contributed by atoms with Crippen LogP contribution in [0.5, 0.6) is 5.75 Å². The number of carbonyl (C=O) groups is 1. The van der Waals surface area contributed by atoms with Crippen molar-refractivity contribution in [2.24, 2.45) is 16.7 Å².